The van der Waals surface area contributed by atoms with Crippen LogP contribution in [0.3, 0.4) is 0 Å². The first-order valence-corrected chi connectivity index (χ1v) is 1.48. The Morgan fingerprint density at radius 1 is 1.75 bits per heavy atom. The maximum absolute atomic E-state index is 8.57. The Morgan fingerprint density at radius 3 is 1.75 bits per heavy atom. The van der Waals surface area contributed by atoms with E-state index in [0.29, 0.717) is 0 Å². The van der Waals surface area contributed by atoms with Crippen molar-refractivity contribution in [3.8, 4) is 0 Å². The van der Waals surface area contributed by atoms with E-state index in [1.807, 2.05) is 0 Å². The van der Waals surface area contributed by atoms with E-state index in [1.54, 1.807) is 0 Å². The fourth-order valence-electron chi connectivity index (χ4n) is 0. The zero-order valence-electron chi connectivity index (χ0n) is 1.93. The molecule has 0 fully saturated rings. The Bertz CT molecular complexity index is 10.8. The van der Waals surface area contributed by atoms with E-state index in [1.165, 1.54) is 0 Å². The SMILES string of the molecule is O.O=[SiH]O. The molecule has 3 nitrogen and oxygen atoms in total. The Kier molecular flexibility index (Phi) is 33.5. The molecule has 26 valence electrons. The minimum absolute atomic E-state index is 0. The average molecular weight is 80.1 g/mol. The summed E-state index contributed by atoms with van der Waals surface area (Å²) in [5, 5.41) is 0. The summed E-state index contributed by atoms with van der Waals surface area (Å²) in [7, 11) is -1.50. The molecule has 0 aromatic heterocycles. The van der Waals surface area contributed by atoms with Gasteiger partial charge in [-0.1, -0.05) is 0 Å². The lowest BCUT2D eigenvalue weighted by Gasteiger charge is -1.32. The summed E-state index contributed by atoms with van der Waals surface area (Å²) in [6, 6.07) is 0. The summed E-state index contributed by atoms with van der Waals surface area (Å²) in [5.41, 5.74) is 0. The molecular formula is H4O3Si. The minimum atomic E-state index is -1.50. The van der Waals surface area contributed by atoms with Crippen LogP contribution in [0.25, 0.3) is 0 Å². The third kappa shape index (κ3) is 21.5. The van der Waals surface area contributed by atoms with Gasteiger partial charge in [0, 0.05) is 0 Å². The molecule has 0 spiro atoms. The number of hydrogen-bond donors (Lipinski definition) is 1. The van der Waals surface area contributed by atoms with Gasteiger partial charge >= 0.3 is 9.65 Å². The Labute approximate surface area is 25.6 Å². The van der Waals surface area contributed by atoms with Crippen molar-refractivity contribution in [2.24, 2.45) is 0 Å². The first-order valence-electron chi connectivity index (χ1n) is 0.494. The highest BCUT2D eigenvalue weighted by Gasteiger charge is 1.32. The van der Waals surface area contributed by atoms with Crippen molar-refractivity contribution in [1.82, 2.24) is 0 Å². The normalized spacial score (nSPS) is 3.00. The summed E-state index contributed by atoms with van der Waals surface area (Å²) in [4.78, 5) is 7.10. The quantitative estimate of drug-likeness (QED) is 0.337. The van der Waals surface area contributed by atoms with E-state index in [9.17, 15) is 0 Å². The van der Waals surface area contributed by atoms with Crippen molar-refractivity contribution < 1.29 is 14.7 Å². The van der Waals surface area contributed by atoms with Crippen LogP contribution in [0.5, 0.6) is 0 Å². The predicted octanol–water partition coefficient (Wildman–Crippen LogP) is -2.15. The molecule has 0 aromatic rings. The third-order valence-electron chi connectivity index (χ3n) is 0. The molecule has 0 aliphatic heterocycles. The molecule has 0 radical (unpaired) electrons. The van der Waals surface area contributed by atoms with Gasteiger partial charge in [-0.05, 0) is 0 Å². The molecule has 0 aliphatic rings. The van der Waals surface area contributed by atoms with E-state index < -0.39 is 9.65 Å². The van der Waals surface area contributed by atoms with Gasteiger partial charge in [-0.2, -0.15) is 0 Å². The molecule has 4 heavy (non-hydrogen) atoms. The maximum atomic E-state index is 8.57. The highest BCUT2D eigenvalue weighted by molar-refractivity contribution is 6.04. The molecule has 0 atom stereocenters. The molecule has 3 N–H and O–H groups in total. The lowest BCUT2D eigenvalue weighted by molar-refractivity contribution is 0.478. The standard InChI is InChI=1S/H2O2Si.H2O/c1-3-2;/h1,3H;1H2. The van der Waals surface area contributed by atoms with Gasteiger partial charge in [-0.3, -0.25) is 0 Å². The van der Waals surface area contributed by atoms with Crippen LogP contribution in [0.1, 0.15) is 0 Å². The highest BCUT2D eigenvalue weighted by Crippen LogP contribution is 0.924. The molecule has 0 heterocycles. The van der Waals surface area contributed by atoms with Gasteiger partial charge in [0.05, 0.1) is 0 Å². The largest absolute Gasteiger partial charge is 0.541 e. The molecule has 0 saturated carbocycles. The van der Waals surface area contributed by atoms with E-state index in [-0.39, 0.29) is 5.48 Å². The van der Waals surface area contributed by atoms with Gasteiger partial charge in [-0.15, -0.1) is 0 Å². The van der Waals surface area contributed by atoms with Crippen LogP contribution in [0.2, 0.25) is 0 Å². The summed E-state index contributed by atoms with van der Waals surface area (Å²) >= 11 is 0. The van der Waals surface area contributed by atoms with Crippen LogP contribution in [0.15, 0.2) is 0 Å². The number of rotatable bonds is 0. The fraction of sp³-hybridized carbons (Fsp3) is 0. The van der Waals surface area contributed by atoms with Crippen LogP contribution >= 0.6 is 0 Å². The van der Waals surface area contributed by atoms with Crippen molar-refractivity contribution in [2.45, 2.75) is 0 Å². The van der Waals surface area contributed by atoms with Crippen LogP contribution < -0.4 is 0 Å². The second-order valence-corrected chi connectivity index (χ2v) is 0.316. The summed E-state index contributed by atoms with van der Waals surface area (Å²) in [6.07, 6.45) is 0. The van der Waals surface area contributed by atoms with Gasteiger partial charge in [0.15, 0.2) is 0 Å². The third-order valence-corrected chi connectivity index (χ3v) is 0. The molecule has 0 unspecified atom stereocenters. The van der Waals surface area contributed by atoms with E-state index in [2.05, 4.69) is 0 Å². The second kappa shape index (κ2) is 14.5. The monoisotopic (exact) mass is 80.0 g/mol. The summed E-state index contributed by atoms with van der Waals surface area (Å²) in [5.74, 6) is 0. The zero-order chi connectivity index (χ0) is 2.71. The Hall–Kier alpha value is -0.223. The van der Waals surface area contributed by atoms with E-state index in [4.69, 9.17) is 9.26 Å². The summed E-state index contributed by atoms with van der Waals surface area (Å²) in [6.45, 7) is 0. The first-order chi connectivity index (χ1) is 1.41. The molecule has 0 aliphatic carbocycles. The molecule has 0 rings (SSSR count). The first kappa shape index (κ1) is 9.22. The van der Waals surface area contributed by atoms with Crippen LogP contribution in [-0.4, -0.2) is 19.9 Å². The average Bonchev–Trinajstić information content (AvgIpc) is 0.918. The van der Waals surface area contributed by atoms with Crippen LogP contribution in [0, 0.1) is 0 Å². The molecule has 0 bridgehead atoms. The van der Waals surface area contributed by atoms with Crippen molar-refractivity contribution in [3.05, 3.63) is 0 Å². The van der Waals surface area contributed by atoms with Gasteiger partial charge < -0.3 is 14.7 Å². The fourth-order valence-corrected chi connectivity index (χ4v) is 0. The molecule has 0 aromatic carbocycles. The predicted molar refractivity (Wildman–Crippen MR) is 13.7 cm³/mol. The zero-order valence-corrected chi connectivity index (χ0v) is 3.09. The van der Waals surface area contributed by atoms with Crippen LogP contribution in [0.4, 0.5) is 0 Å². The Balaban J connectivity index is 0. The van der Waals surface area contributed by atoms with Crippen molar-refractivity contribution in [3.63, 3.8) is 0 Å². The van der Waals surface area contributed by atoms with Crippen molar-refractivity contribution in [1.29, 1.82) is 0 Å². The molecular weight excluding hydrogens is 76.1 g/mol. The lowest BCUT2D eigenvalue weighted by Crippen LogP contribution is -1.54. The van der Waals surface area contributed by atoms with Crippen LogP contribution in [-0.2, 0) is 4.46 Å². The van der Waals surface area contributed by atoms with Gasteiger partial charge in [0.25, 0.3) is 0 Å². The van der Waals surface area contributed by atoms with Crippen molar-refractivity contribution in [2.75, 3.05) is 0 Å². The topological polar surface area (TPSA) is 68.8 Å². The van der Waals surface area contributed by atoms with Gasteiger partial charge in [0.1, 0.15) is 0 Å². The highest BCUT2D eigenvalue weighted by atomic mass is 28.2. The number of hydrogen-bond acceptors (Lipinski definition) is 1. The Morgan fingerprint density at radius 2 is 1.75 bits per heavy atom. The van der Waals surface area contributed by atoms with Gasteiger partial charge in [-0.25, -0.2) is 0 Å². The maximum Gasteiger partial charge on any atom is 0.484 e. The smallest absolute Gasteiger partial charge is 0.484 e. The van der Waals surface area contributed by atoms with E-state index >= 15 is 0 Å². The molecule has 0 amide bonds. The second-order valence-electron chi connectivity index (χ2n) is 0.105. The lowest BCUT2D eigenvalue weighted by atomic mass is 15.9. The molecule has 0 saturated heterocycles. The van der Waals surface area contributed by atoms with Crippen molar-refractivity contribution >= 4 is 9.65 Å². The summed E-state index contributed by atoms with van der Waals surface area (Å²) < 4.78 is 8.57. The molecule has 4 heteroatoms. The van der Waals surface area contributed by atoms with E-state index in [0.717, 1.165) is 0 Å². The van der Waals surface area contributed by atoms with Gasteiger partial charge in [0.2, 0.25) is 0 Å². The minimum Gasteiger partial charge on any atom is -0.541 e.